The van der Waals surface area contributed by atoms with Crippen molar-refractivity contribution in [3.05, 3.63) is 73.9 Å². The van der Waals surface area contributed by atoms with Crippen LogP contribution in [0.5, 0.6) is 0 Å². The summed E-state index contributed by atoms with van der Waals surface area (Å²) in [6.07, 6.45) is 3.31. The van der Waals surface area contributed by atoms with Crippen LogP contribution in [-0.4, -0.2) is 38.2 Å². The molecule has 0 aliphatic carbocycles. The van der Waals surface area contributed by atoms with Crippen molar-refractivity contribution in [2.24, 2.45) is 5.41 Å². The van der Waals surface area contributed by atoms with Crippen molar-refractivity contribution in [2.75, 3.05) is 11.9 Å². The summed E-state index contributed by atoms with van der Waals surface area (Å²) in [4.78, 5) is 41.7. The molecule has 0 unspecified atom stereocenters. The van der Waals surface area contributed by atoms with E-state index in [-0.39, 0.29) is 22.7 Å². The highest BCUT2D eigenvalue weighted by molar-refractivity contribution is 7.16. The van der Waals surface area contributed by atoms with Gasteiger partial charge in [0, 0.05) is 29.6 Å². The molecule has 4 rings (SSSR count). The third-order valence-corrected chi connectivity index (χ3v) is 6.55. The lowest BCUT2D eigenvalue weighted by atomic mass is 9.96. The number of halogens is 2. The molecule has 0 radical (unpaired) electrons. The first-order valence-corrected chi connectivity index (χ1v) is 12.1. The van der Waals surface area contributed by atoms with Gasteiger partial charge >= 0.3 is 0 Å². The highest BCUT2D eigenvalue weighted by Gasteiger charge is 2.29. The van der Waals surface area contributed by atoms with E-state index in [9.17, 15) is 18.8 Å². The molecule has 4 aromatic rings. The van der Waals surface area contributed by atoms with Gasteiger partial charge in [0.15, 0.2) is 5.78 Å². The van der Waals surface area contributed by atoms with Crippen LogP contribution in [0.1, 0.15) is 40.8 Å². The number of carbonyl (C=O) groups is 2. The van der Waals surface area contributed by atoms with Gasteiger partial charge in [-0.15, -0.1) is 11.3 Å². The smallest absolute Gasteiger partial charge is 0.260 e. The number of anilines is 1. The molecule has 0 saturated heterocycles. The van der Waals surface area contributed by atoms with E-state index in [4.69, 9.17) is 11.6 Å². The standard InChI is InChI=1S/C24H23ClFN5O4S/c1-24(2,3)23(34)31-21(29(4)11-16-5-6-20(25)36-16)8-18(28-31)17-7-15(26)10-30(22(17)33)12-19(32)14-9-27-35-13-14/h5-10,13H,11-12H2,1-4H3. The number of rotatable bonds is 7. The third kappa shape index (κ3) is 5.31. The fourth-order valence-corrected chi connectivity index (χ4v) is 4.62. The van der Waals surface area contributed by atoms with Gasteiger partial charge in [0.05, 0.1) is 34.7 Å². The predicted molar refractivity (Wildman–Crippen MR) is 134 cm³/mol. The Hall–Kier alpha value is -3.57. The van der Waals surface area contributed by atoms with Gasteiger partial charge in [-0.1, -0.05) is 37.5 Å². The van der Waals surface area contributed by atoms with Gasteiger partial charge in [0.1, 0.15) is 23.6 Å². The van der Waals surface area contributed by atoms with E-state index < -0.39 is 29.1 Å². The first kappa shape index (κ1) is 25.5. The van der Waals surface area contributed by atoms with Crippen LogP contribution in [0.15, 0.2) is 52.2 Å². The number of pyridine rings is 1. The van der Waals surface area contributed by atoms with Gasteiger partial charge in [-0.25, -0.2) is 4.39 Å². The maximum absolute atomic E-state index is 14.6. The van der Waals surface area contributed by atoms with E-state index in [0.29, 0.717) is 16.7 Å². The molecular formula is C24H23ClFN5O4S. The number of Topliss-reactive ketones (excluding diaryl/α,β-unsaturated/α-hetero) is 1. The summed E-state index contributed by atoms with van der Waals surface area (Å²) in [5, 5.41) is 7.87. The minimum Gasteiger partial charge on any atom is -0.364 e. The van der Waals surface area contributed by atoms with Crippen LogP contribution in [0.3, 0.4) is 0 Å². The van der Waals surface area contributed by atoms with Crippen LogP contribution in [0, 0.1) is 11.2 Å². The van der Waals surface area contributed by atoms with Gasteiger partial charge in [0.25, 0.3) is 11.5 Å². The van der Waals surface area contributed by atoms with E-state index in [2.05, 4.69) is 14.8 Å². The summed E-state index contributed by atoms with van der Waals surface area (Å²) in [7, 11) is 1.78. The Morgan fingerprint density at radius 3 is 2.61 bits per heavy atom. The lowest BCUT2D eigenvalue weighted by Crippen LogP contribution is -2.31. The Kier molecular flexibility index (Phi) is 6.96. The molecular weight excluding hydrogens is 509 g/mol. The Morgan fingerprint density at radius 1 is 1.25 bits per heavy atom. The maximum atomic E-state index is 14.6. The predicted octanol–water partition coefficient (Wildman–Crippen LogP) is 4.76. The molecule has 0 bridgehead atoms. The second-order valence-electron chi connectivity index (χ2n) is 9.26. The van der Waals surface area contributed by atoms with Crippen molar-refractivity contribution in [2.45, 2.75) is 33.9 Å². The number of aromatic nitrogens is 4. The Balaban J connectivity index is 1.76. The molecule has 12 heteroatoms. The average Bonchev–Trinajstić information content (AvgIpc) is 3.55. The van der Waals surface area contributed by atoms with Crippen molar-refractivity contribution in [1.29, 1.82) is 0 Å². The highest BCUT2D eigenvalue weighted by atomic mass is 35.5. The monoisotopic (exact) mass is 531 g/mol. The van der Waals surface area contributed by atoms with Crippen LogP contribution in [0.4, 0.5) is 10.2 Å². The number of carbonyl (C=O) groups excluding carboxylic acids is 2. The largest absolute Gasteiger partial charge is 0.364 e. The van der Waals surface area contributed by atoms with Gasteiger partial charge in [-0.05, 0) is 18.2 Å². The summed E-state index contributed by atoms with van der Waals surface area (Å²) >= 11 is 7.46. The molecule has 0 N–H and O–H groups in total. The molecule has 0 spiro atoms. The molecule has 0 aliphatic heterocycles. The zero-order chi connectivity index (χ0) is 26.2. The van der Waals surface area contributed by atoms with E-state index in [1.165, 1.54) is 22.2 Å². The quantitative estimate of drug-likeness (QED) is 0.317. The van der Waals surface area contributed by atoms with E-state index in [0.717, 1.165) is 28.0 Å². The van der Waals surface area contributed by atoms with E-state index in [1.54, 1.807) is 44.9 Å². The third-order valence-electron chi connectivity index (χ3n) is 5.33. The van der Waals surface area contributed by atoms with Crippen molar-refractivity contribution < 1.29 is 18.5 Å². The molecule has 0 amide bonds. The first-order chi connectivity index (χ1) is 16.9. The number of hydrogen-bond donors (Lipinski definition) is 0. The Morgan fingerprint density at radius 2 is 2.00 bits per heavy atom. The van der Waals surface area contributed by atoms with E-state index >= 15 is 0 Å². The van der Waals surface area contributed by atoms with Crippen LogP contribution in [-0.2, 0) is 13.1 Å². The minimum absolute atomic E-state index is 0.0811. The SMILES string of the molecule is CN(Cc1ccc(Cl)s1)c1cc(-c2cc(F)cn(CC(=O)c3cnoc3)c2=O)nn1C(=O)C(C)(C)C. The number of thiophene rings is 1. The maximum Gasteiger partial charge on any atom is 0.260 e. The zero-order valence-corrected chi connectivity index (χ0v) is 21.6. The second kappa shape index (κ2) is 9.82. The summed E-state index contributed by atoms with van der Waals surface area (Å²) in [6.45, 7) is 5.28. The Labute approximate surface area is 214 Å². The van der Waals surface area contributed by atoms with Crippen molar-refractivity contribution in [1.82, 2.24) is 19.5 Å². The molecule has 4 heterocycles. The number of ketones is 1. The summed E-state index contributed by atoms with van der Waals surface area (Å²) in [5.41, 5.74) is -1.23. The van der Waals surface area contributed by atoms with E-state index in [1.807, 2.05) is 6.07 Å². The minimum atomic E-state index is -0.779. The molecule has 9 nitrogen and oxygen atoms in total. The molecule has 0 aliphatic rings. The number of nitrogens with zero attached hydrogens (tertiary/aromatic N) is 5. The molecule has 36 heavy (non-hydrogen) atoms. The molecule has 0 aromatic carbocycles. The summed E-state index contributed by atoms with van der Waals surface area (Å²) in [6, 6.07) is 6.27. The topological polar surface area (TPSA) is 103 Å². The molecule has 4 aromatic heterocycles. The second-order valence-corrected chi connectivity index (χ2v) is 11.1. The summed E-state index contributed by atoms with van der Waals surface area (Å²) in [5.74, 6) is -1.09. The Bertz CT molecular complexity index is 1480. The van der Waals surface area contributed by atoms with Crippen molar-refractivity contribution in [3.63, 3.8) is 0 Å². The van der Waals surface area contributed by atoms with Gasteiger partial charge in [-0.3, -0.25) is 14.4 Å². The fraction of sp³-hybridized carbons (Fsp3) is 0.292. The first-order valence-electron chi connectivity index (χ1n) is 10.9. The molecule has 188 valence electrons. The lowest BCUT2D eigenvalue weighted by molar-refractivity contribution is 0.0751. The van der Waals surface area contributed by atoms with Gasteiger partial charge in [0.2, 0.25) is 0 Å². The normalized spacial score (nSPS) is 11.6. The molecule has 0 atom stereocenters. The van der Waals surface area contributed by atoms with Crippen molar-refractivity contribution in [3.8, 4) is 11.3 Å². The lowest BCUT2D eigenvalue weighted by Gasteiger charge is -2.22. The van der Waals surface area contributed by atoms with Crippen LogP contribution in [0.2, 0.25) is 4.34 Å². The van der Waals surface area contributed by atoms with Gasteiger partial charge in [-0.2, -0.15) is 9.78 Å². The molecule has 0 saturated carbocycles. The number of hydrogen-bond acceptors (Lipinski definition) is 8. The highest BCUT2D eigenvalue weighted by Crippen LogP contribution is 2.29. The average molecular weight is 532 g/mol. The summed E-state index contributed by atoms with van der Waals surface area (Å²) < 4.78 is 22.1. The molecule has 0 fully saturated rings. The van der Waals surface area contributed by atoms with Gasteiger partial charge < -0.3 is 14.0 Å². The van der Waals surface area contributed by atoms with Crippen LogP contribution < -0.4 is 10.5 Å². The van der Waals surface area contributed by atoms with Crippen LogP contribution in [0.25, 0.3) is 11.3 Å². The fourth-order valence-electron chi connectivity index (χ4n) is 3.48. The van der Waals surface area contributed by atoms with Crippen LogP contribution >= 0.6 is 22.9 Å². The zero-order valence-electron chi connectivity index (χ0n) is 20.0. The van der Waals surface area contributed by atoms with Crippen molar-refractivity contribution >= 4 is 40.4 Å².